The number of aryl methyl sites for hydroxylation is 1. The monoisotopic (exact) mass is 310 g/mol. The molecule has 0 bridgehead atoms. The standard InChI is InChI=1S/C19H22N2O2/c20-16-9-2-4-11-18(16)23-14-6-12-19(22)21-13-5-8-15-7-1-3-10-17(15)21/h1-4,7,9-11H,5-6,8,12-14,20H2. The van der Waals surface area contributed by atoms with Crippen LogP contribution in [0.4, 0.5) is 11.4 Å². The van der Waals surface area contributed by atoms with Gasteiger partial charge in [0.25, 0.3) is 0 Å². The van der Waals surface area contributed by atoms with Crippen LogP contribution in [0.5, 0.6) is 5.75 Å². The Morgan fingerprint density at radius 3 is 2.78 bits per heavy atom. The number of carbonyl (C=O) groups excluding carboxylic acids is 1. The van der Waals surface area contributed by atoms with Gasteiger partial charge in [0.1, 0.15) is 5.75 Å². The summed E-state index contributed by atoms with van der Waals surface area (Å²) in [5.74, 6) is 0.852. The highest BCUT2D eigenvalue weighted by Crippen LogP contribution is 2.27. The van der Waals surface area contributed by atoms with Gasteiger partial charge in [0.15, 0.2) is 0 Å². The first-order valence-corrected chi connectivity index (χ1v) is 8.11. The van der Waals surface area contributed by atoms with Crippen molar-refractivity contribution in [3.05, 3.63) is 54.1 Å². The minimum absolute atomic E-state index is 0.168. The largest absolute Gasteiger partial charge is 0.491 e. The van der Waals surface area contributed by atoms with E-state index in [0.29, 0.717) is 30.9 Å². The molecule has 0 saturated heterocycles. The van der Waals surface area contributed by atoms with Gasteiger partial charge in [0, 0.05) is 18.7 Å². The quantitative estimate of drug-likeness (QED) is 0.680. The maximum atomic E-state index is 12.5. The van der Waals surface area contributed by atoms with E-state index in [2.05, 4.69) is 6.07 Å². The molecule has 2 aromatic rings. The average molecular weight is 310 g/mol. The van der Waals surface area contributed by atoms with Crippen LogP contribution >= 0.6 is 0 Å². The van der Waals surface area contributed by atoms with Gasteiger partial charge >= 0.3 is 0 Å². The molecule has 4 heteroatoms. The van der Waals surface area contributed by atoms with Gasteiger partial charge in [-0.2, -0.15) is 0 Å². The van der Waals surface area contributed by atoms with Crippen molar-refractivity contribution in [2.45, 2.75) is 25.7 Å². The molecule has 1 aliphatic heterocycles. The zero-order valence-electron chi connectivity index (χ0n) is 13.2. The number of amides is 1. The van der Waals surface area contributed by atoms with Crippen molar-refractivity contribution in [2.75, 3.05) is 23.8 Å². The van der Waals surface area contributed by atoms with E-state index in [1.807, 2.05) is 47.4 Å². The Morgan fingerprint density at radius 1 is 1.13 bits per heavy atom. The van der Waals surface area contributed by atoms with Gasteiger partial charge < -0.3 is 15.4 Å². The van der Waals surface area contributed by atoms with Gasteiger partial charge in [-0.15, -0.1) is 0 Å². The molecule has 1 heterocycles. The zero-order chi connectivity index (χ0) is 16.1. The minimum Gasteiger partial charge on any atom is -0.491 e. The molecule has 0 aromatic heterocycles. The molecular formula is C19H22N2O2. The van der Waals surface area contributed by atoms with Crippen LogP contribution in [-0.2, 0) is 11.2 Å². The third-order valence-corrected chi connectivity index (χ3v) is 4.12. The van der Waals surface area contributed by atoms with Crippen molar-refractivity contribution >= 4 is 17.3 Å². The fourth-order valence-corrected chi connectivity index (χ4v) is 2.95. The predicted octanol–water partition coefficient (Wildman–Crippen LogP) is 3.41. The molecule has 0 saturated carbocycles. The number of nitrogen functional groups attached to an aromatic ring is 1. The van der Waals surface area contributed by atoms with Crippen LogP contribution in [0, 0.1) is 0 Å². The summed E-state index contributed by atoms with van der Waals surface area (Å²) in [5, 5.41) is 0. The van der Waals surface area contributed by atoms with Crippen molar-refractivity contribution in [1.29, 1.82) is 0 Å². The van der Waals surface area contributed by atoms with Crippen molar-refractivity contribution in [1.82, 2.24) is 0 Å². The summed E-state index contributed by atoms with van der Waals surface area (Å²) < 4.78 is 5.65. The molecule has 0 unspecified atom stereocenters. The zero-order valence-corrected chi connectivity index (χ0v) is 13.2. The molecule has 0 radical (unpaired) electrons. The lowest BCUT2D eigenvalue weighted by Crippen LogP contribution is -2.35. The smallest absolute Gasteiger partial charge is 0.227 e. The second kappa shape index (κ2) is 7.18. The van der Waals surface area contributed by atoms with E-state index in [9.17, 15) is 4.79 Å². The van der Waals surface area contributed by atoms with Crippen molar-refractivity contribution in [2.24, 2.45) is 0 Å². The van der Waals surface area contributed by atoms with Gasteiger partial charge in [0.2, 0.25) is 5.91 Å². The summed E-state index contributed by atoms with van der Waals surface area (Å²) in [5.41, 5.74) is 8.79. The molecular weight excluding hydrogens is 288 g/mol. The van der Waals surface area contributed by atoms with Gasteiger partial charge in [-0.1, -0.05) is 30.3 Å². The maximum Gasteiger partial charge on any atom is 0.227 e. The Morgan fingerprint density at radius 2 is 1.91 bits per heavy atom. The summed E-state index contributed by atoms with van der Waals surface area (Å²) in [6, 6.07) is 15.6. The number of hydrogen-bond donors (Lipinski definition) is 1. The molecule has 0 aliphatic carbocycles. The highest BCUT2D eigenvalue weighted by molar-refractivity contribution is 5.94. The summed E-state index contributed by atoms with van der Waals surface area (Å²) in [6.07, 6.45) is 3.25. The number of hydrogen-bond acceptors (Lipinski definition) is 3. The Labute approximate surface area is 136 Å². The molecule has 120 valence electrons. The molecule has 1 aliphatic rings. The molecule has 23 heavy (non-hydrogen) atoms. The lowest BCUT2D eigenvalue weighted by Gasteiger charge is -2.29. The molecule has 2 N–H and O–H groups in total. The van der Waals surface area contributed by atoms with Crippen molar-refractivity contribution in [3.8, 4) is 5.75 Å². The fraction of sp³-hybridized carbons (Fsp3) is 0.316. The first kappa shape index (κ1) is 15.4. The Hall–Kier alpha value is -2.49. The number of para-hydroxylation sites is 3. The number of anilines is 2. The van der Waals surface area contributed by atoms with Gasteiger partial charge in [-0.05, 0) is 43.0 Å². The molecule has 4 nitrogen and oxygen atoms in total. The third-order valence-electron chi connectivity index (χ3n) is 4.12. The molecule has 0 fully saturated rings. The Bertz CT molecular complexity index is 685. The van der Waals surface area contributed by atoms with Gasteiger partial charge in [-0.25, -0.2) is 0 Å². The maximum absolute atomic E-state index is 12.5. The fourth-order valence-electron chi connectivity index (χ4n) is 2.95. The lowest BCUT2D eigenvalue weighted by molar-refractivity contribution is -0.118. The van der Waals surface area contributed by atoms with Crippen LogP contribution in [0.3, 0.4) is 0 Å². The first-order valence-electron chi connectivity index (χ1n) is 8.11. The number of ether oxygens (including phenoxy) is 1. The summed E-state index contributed by atoms with van der Waals surface area (Å²) in [6.45, 7) is 1.30. The van der Waals surface area contributed by atoms with E-state index in [4.69, 9.17) is 10.5 Å². The number of fused-ring (bicyclic) bond motifs is 1. The molecule has 3 rings (SSSR count). The van der Waals surface area contributed by atoms with Crippen LogP contribution < -0.4 is 15.4 Å². The number of carbonyl (C=O) groups is 1. The Balaban J connectivity index is 1.52. The van der Waals surface area contributed by atoms with E-state index >= 15 is 0 Å². The van der Waals surface area contributed by atoms with E-state index in [-0.39, 0.29) is 5.91 Å². The van der Waals surface area contributed by atoms with Crippen LogP contribution in [0.1, 0.15) is 24.8 Å². The number of nitrogens with two attached hydrogens (primary N) is 1. The van der Waals surface area contributed by atoms with Crippen molar-refractivity contribution in [3.63, 3.8) is 0 Å². The highest BCUT2D eigenvalue weighted by atomic mass is 16.5. The number of rotatable bonds is 5. The average Bonchev–Trinajstić information content (AvgIpc) is 2.59. The normalized spacial score (nSPS) is 13.5. The first-order chi connectivity index (χ1) is 11.3. The van der Waals surface area contributed by atoms with Crippen LogP contribution in [0.15, 0.2) is 48.5 Å². The third kappa shape index (κ3) is 3.65. The van der Waals surface area contributed by atoms with E-state index in [1.165, 1.54) is 5.56 Å². The molecule has 2 aromatic carbocycles. The summed E-state index contributed by atoms with van der Waals surface area (Å²) in [4.78, 5) is 14.4. The molecule has 1 amide bonds. The van der Waals surface area contributed by atoms with Crippen LogP contribution in [0.25, 0.3) is 0 Å². The van der Waals surface area contributed by atoms with E-state index in [0.717, 1.165) is 25.1 Å². The minimum atomic E-state index is 0.168. The summed E-state index contributed by atoms with van der Waals surface area (Å²) in [7, 11) is 0. The van der Waals surface area contributed by atoms with Crippen LogP contribution in [0.2, 0.25) is 0 Å². The predicted molar refractivity (Wildman–Crippen MR) is 92.7 cm³/mol. The molecule has 0 spiro atoms. The topological polar surface area (TPSA) is 55.6 Å². The lowest BCUT2D eigenvalue weighted by atomic mass is 10.0. The number of benzene rings is 2. The van der Waals surface area contributed by atoms with E-state index < -0.39 is 0 Å². The highest BCUT2D eigenvalue weighted by Gasteiger charge is 2.21. The SMILES string of the molecule is Nc1ccccc1OCCCC(=O)N1CCCc2ccccc21. The van der Waals surface area contributed by atoms with Gasteiger partial charge in [-0.3, -0.25) is 4.79 Å². The summed E-state index contributed by atoms with van der Waals surface area (Å²) >= 11 is 0. The molecule has 0 atom stereocenters. The van der Waals surface area contributed by atoms with Gasteiger partial charge in [0.05, 0.1) is 12.3 Å². The van der Waals surface area contributed by atoms with Crippen LogP contribution in [-0.4, -0.2) is 19.1 Å². The second-order valence-electron chi connectivity index (χ2n) is 5.77. The van der Waals surface area contributed by atoms with Crippen molar-refractivity contribution < 1.29 is 9.53 Å². The number of nitrogens with zero attached hydrogens (tertiary/aromatic N) is 1. The Kier molecular flexibility index (Phi) is 4.81. The second-order valence-corrected chi connectivity index (χ2v) is 5.77. The van der Waals surface area contributed by atoms with E-state index in [1.54, 1.807) is 0 Å².